The van der Waals surface area contributed by atoms with E-state index < -0.39 is 0 Å². The number of esters is 1. The SMILES string of the molecule is CCCNC(CN1CCOCC1CC)C(=O)OCC. The Kier molecular flexibility index (Phi) is 8.02. The minimum atomic E-state index is -0.230. The minimum absolute atomic E-state index is 0.141. The van der Waals surface area contributed by atoms with Crippen LogP contribution in [0.2, 0.25) is 0 Å². The molecule has 0 saturated carbocycles. The second kappa shape index (κ2) is 9.28. The van der Waals surface area contributed by atoms with E-state index in [2.05, 4.69) is 24.1 Å². The molecule has 1 saturated heterocycles. The molecule has 2 unspecified atom stereocenters. The third-order valence-electron chi connectivity index (χ3n) is 3.45. The zero-order chi connectivity index (χ0) is 14.1. The van der Waals surface area contributed by atoms with Gasteiger partial charge in [-0.25, -0.2) is 0 Å². The maximum atomic E-state index is 12.0. The highest BCUT2D eigenvalue weighted by Gasteiger charge is 2.27. The van der Waals surface area contributed by atoms with Gasteiger partial charge in [-0.3, -0.25) is 9.69 Å². The standard InChI is InChI=1S/C14H28N2O3/c1-4-7-15-13(14(17)19-6-3)10-16-8-9-18-11-12(16)5-2/h12-13,15H,4-11H2,1-3H3. The molecule has 5 nitrogen and oxygen atoms in total. The summed E-state index contributed by atoms with van der Waals surface area (Å²) in [6.45, 7) is 10.5. The van der Waals surface area contributed by atoms with E-state index in [1.165, 1.54) is 0 Å². The molecule has 1 heterocycles. The van der Waals surface area contributed by atoms with Gasteiger partial charge in [-0.15, -0.1) is 0 Å². The van der Waals surface area contributed by atoms with Crippen molar-refractivity contribution in [3.63, 3.8) is 0 Å². The van der Waals surface area contributed by atoms with Crippen LogP contribution in [0.1, 0.15) is 33.6 Å². The van der Waals surface area contributed by atoms with Crippen molar-refractivity contribution in [3.8, 4) is 0 Å². The van der Waals surface area contributed by atoms with Gasteiger partial charge in [-0.05, 0) is 26.3 Å². The molecule has 112 valence electrons. The summed E-state index contributed by atoms with van der Waals surface area (Å²) in [5, 5.41) is 3.29. The van der Waals surface area contributed by atoms with Crippen LogP contribution in [-0.2, 0) is 14.3 Å². The summed E-state index contributed by atoms with van der Waals surface area (Å²) in [7, 11) is 0. The van der Waals surface area contributed by atoms with Crippen molar-refractivity contribution >= 4 is 5.97 Å². The smallest absolute Gasteiger partial charge is 0.324 e. The van der Waals surface area contributed by atoms with Gasteiger partial charge in [0.05, 0.1) is 19.8 Å². The van der Waals surface area contributed by atoms with Crippen LogP contribution in [0.25, 0.3) is 0 Å². The number of nitrogens with zero attached hydrogens (tertiary/aromatic N) is 1. The average Bonchev–Trinajstić information content (AvgIpc) is 2.44. The lowest BCUT2D eigenvalue weighted by Gasteiger charge is -2.36. The first kappa shape index (κ1) is 16.4. The van der Waals surface area contributed by atoms with E-state index in [-0.39, 0.29) is 12.0 Å². The molecule has 1 fully saturated rings. The maximum absolute atomic E-state index is 12.0. The van der Waals surface area contributed by atoms with Crippen LogP contribution in [0.5, 0.6) is 0 Å². The molecule has 0 radical (unpaired) electrons. The van der Waals surface area contributed by atoms with Crippen molar-refractivity contribution < 1.29 is 14.3 Å². The zero-order valence-electron chi connectivity index (χ0n) is 12.5. The van der Waals surface area contributed by atoms with Crippen LogP contribution >= 0.6 is 0 Å². The van der Waals surface area contributed by atoms with Crippen molar-refractivity contribution in [1.82, 2.24) is 10.2 Å². The van der Waals surface area contributed by atoms with E-state index in [9.17, 15) is 4.79 Å². The summed E-state index contributed by atoms with van der Waals surface area (Å²) in [4.78, 5) is 14.3. The highest BCUT2D eigenvalue weighted by molar-refractivity contribution is 5.76. The summed E-state index contributed by atoms with van der Waals surface area (Å²) in [5.41, 5.74) is 0. The van der Waals surface area contributed by atoms with Crippen molar-refractivity contribution in [3.05, 3.63) is 0 Å². The monoisotopic (exact) mass is 272 g/mol. The lowest BCUT2D eigenvalue weighted by molar-refractivity contribution is -0.147. The molecule has 5 heteroatoms. The summed E-state index contributed by atoms with van der Waals surface area (Å²) in [6.07, 6.45) is 2.06. The second-order valence-electron chi connectivity index (χ2n) is 4.89. The fraction of sp³-hybridized carbons (Fsp3) is 0.929. The van der Waals surface area contributed by atoms with E-state index in [0.717, 1.165) is 39.1 Å². The fourth-order valence-electron chi connectivity index (χ4n) is 2.32. The molecule has 1 aliphatic rings. The quantitative estimate of drug-likeness (QED) is 0.669. The fourth-order valence-corrected chi connectivity index (χ4v) is 2.32. The van der Waals surface area contributed by atoms with Crippen molar-refractivity contribution in [2.24, 2.45) is 0 Å². The molecule has 19 heavy (non-hydrogen) atoms. The number of carbonyl (C=O) groups excluding carboxylic acids is 1. The molecule has 0 amide bonds. The zero-order valence-corrected chi connectivity index (χ0v) is 12.5. The summed E-state index contributed by atoms with van der Waals surface area (Å²) in [6, 6.07) is 0.182. The van der Waals surface area contributed by atoms with Crippen LogP contribution in [0.15, 0.2) is 0 Å². The molecule has 0 aromatic carbocycles. The van der Waals surface area contributed by atoms with Gasteiger partial charge in [-0.1, -0.05) is 13.8 Å². The first-order valence-corrected chi connectivity index (χ1v) is 7.44. The van der Waals surface area contributed by atoms with E-state index in [1.54, 1.807) is 0 Å². The highest BCUT2D eigenvalue weighted by Crippen LogP contribution is 2.11. The molecule has 0 spiro atoms. The van der Waals surface area contributed by atoms with Gasteiger partial charge >= 0.3 is 5.97 Å². The average molecular weight is 272 g/mol. The van der Waals surface area contributed by atoms with E-state index >= 15 is 0 Å². The molecule has 2 atom stereocenters. The minimum Gasteiger partial charge on any atom is -0.465 e. The lowest BCUT2D eigenvalue weighted by atomic mass is 10.1. The number of morpholine rings is 1. The first-order valence-electron chi connectivity index (χ1n) is 7.44. The highest BCUT2D eigenvalue weighted by atomic mass is 16.5. The van der Waals surface area contributed by atoms with Crippen molar-refractivity contribution in [1.29, 1.82) is 0 Å². The van der Waals surface area contributed by atoms with Gasteiger partial charge in [-0.2, -0.15) is 0 Å². The van der Waals surface area contributed by atoms with Gasteiger partial charge in [0.1, 0.15) is 6.04 Å². The van der Waals surface area contributed by atoms with Crippen LogP contribution in [0, 0.1) is 0 Å². The van der Waals surface area contributed by atoms with Gasteiger partial charge < -0.3 is 14.8 Å². The Balaban J connectivity index is 2.55. The van der Waals surface area contributed by atoms with Gasteiger partial charge in [0.15, 0.2) is 0 Å². The Morgan fingerprint density at radius 2 is 2.26 bits per heavy atom. The summed E-state index contributed by atoms with van der Waals surface area (Å²) in [5.74, 6) is -0.141. The summed E-state index contributed by atoms with van der Waals surface area (Å²) >= 11 is 0. The Hall–Kier alpha value is -0.650. The molecule has 1 N–H and O–H groups in total. The molecule has 0 aliphatic carbocycles. The molecular formula is C14H28N2O3. The van der Waals surface area contributed by atoms with Crippen molar-refractivity contribution in [2.75, 3.05) is 39.5 Å². The predicted octanol–water partition coefficient (Wildman–Crippen LogP) is 1.03. The van der Waals surface area contributed by atoms with Gasteiger partial charge in [0, 0.05) is 19.1 Å². The van der Waals surface area contributed by atoms with Crippen LogP contribution in [-0.4, -0.2) is 62.4 Å². The maximum Gasteiger partial charge on any atom is 0.324 e. The largest absolute Gasteiger partial charge is 0.465 e. The van der Waals surface area contributed by atoms with Gasteiger partial charge in [0.25, 0.3) is 0 Å². The second-order valence-corrected chi connectivity index (χ2v) is 4.89. The predicted molar refractivity (Wildman–Crippen MR) is 75.2 cm³/mol. The third kappa shape index (κ3) is 5.47. The number of hydrogen-bond donors (Lipinski definition) is 1. The molecule has 0 aromatic heterocycles. The Bertz CT molecular complexity index is 261. The van der Waals surface area contributed by atoms with E-state index in [4.69, 9.17) is 9.47 Å². The molecule has 1 rings (SSSR count). The Labute approximate surface area is 116 Å². The van der Waals surface area contributed by atoms with E-state index in [0.29, 0.717) is 19.2 Å². The first-order chi connectivity index (χ1) is 9.22. The normalized spacial score (nSPS) is 22.2. The van der Waals surface area contributed by atoms with Gasteiger partial charge in [0.2, 0.25) is 0 Å². The van der Waals surface area contributed by atoms with Crippen LogP contribution in [0.4, 0.5) is 0 Å². The molecule has 0 aromatic rings. The Morgan fingerprint density at radius 1 is 1.47 bits per heavy atom. The molecule has 0 bridgehead atoms. The number of rotatable bonds is 8. The van der Waals surface area contributed by atoms with Crippen molar-refractivity contribution in [2.45, 2.75) is 45.7 Å². The lowest BCUT2D eigenvalue weighted by Crippen LogP contribution is -2.53. The Morgan fingerprint density at radius 3 is 2.89 bits per heavy atom. The number of hydrogen-bond acceptors (Lipinski definition) is 5. The number of ether oxygens (including phenoxy) is 2. The topological polar surface area (TPSA) is 50.8 Å². The third-order valence-corrected chi connectivity index (χ3v) is 3.45. The summed E-state index contributed by atoms with van der Waals surface area (Å²) < 4.78 is 10.6. The van der Waals surface area contributed by atoms with Crippen LogP contribution < -0.4 is 5.32 Å². The molecule has 1 aliphatic heterocycles. The molecular weight excluding hydrogens is 244 g/mol. The number of nitrogens with one attached hydrogen (secondary N) is 1. The van der Waals surface area contributed by atoms with Crippen LogP contribution in [0.3, 0.4) is 0 Å². The number of carbonyl (C=O) groups is 1. The van der Waals surface area contributed by atoms with E-state index in [1.807, 2.05) is 6.92 Å².